The van der Waals surface area contributed by atoms with Crippen LogP contribution in [0.2, 0.25) is 0 Å². The Morgan fingerprint density at radius 2 is 1.88 bits per heavy atom. The van der Waals surface area contributed by atoms with Gasteiger partial charge in [0.15, 0.2) is 5.76 Å². The van der Waals surface area contributed by atoms with E-state index in [0.29, 0.717) is 17.0 Å². The smallest absolute Gasteiger partial charge is 0.331 e. The van der Waals surface area contributed by atoms with Crippen LogP contribution in [0.5, 0.6) is 0 Å². The minimum Gasteiger partial charge on any atom is -0.456 e. The predicted molar refractivity (Wildman–Crippen MR) is 93.9 cm³/mol. The SMILES string of the molecule is O=C(/C=C\c1ccc([N+](=O)[O-])cc1)OCc1cc(-c2ccccc2)on1. The molecule has 0 saturated carbocycles. The summed E-state index contributed by atoms with van der Waals surface area (Å²) in [5, 5.41) is 14.5. The Kier molecular flexibility index (Phi) is 5.19. The number of nitrogens with zero attached hydrogens (tertiary/aromatic N) is 2. The molecule has 26 heavy (non-hydrogen) atoms. The Labute approximate surface area is 148 Å². The van der Waals surface area contributed by atoms with Crippen LogP contribution in [0, 0.1) is 10.1 Å². The van der Waals surface area contributed by atoms with Gasteiger partial charge in [-0.1, -0.05) is 35.5 Å². The Morgan fingerprint density at radius 3 is 2.58 bits per heavy atom. The topological polar surface area (TPSA) is 95.5 Å². The molecule has 1 heterocycles. The zero-order valence-electron chi connectivity index (χ0n) is 13.6. The highest BCUT2D eigenvalue weighted by Gasteiger charge is 2.08. The molecule has 0 spiro atoms. The number of carbonyl (C=O) groups is 1. The minimum absolute atomic E-state index is 0.00928. The second-order valence-electron chi connectivity index (χ2n) is 5.34. The largest absolute Gasteiger partial charge is 0.456 e. The lowest BCUT2D eigenvalue weighted by atomic mass is 10.2. The van der Waals surface area contributed by atoms with Gasteiger partial charge in [0.25, 0.3) is 5.69 Å². The van der Waals surface area contributed by atoms with E-state index in [1.165, 1.54) is 24.3 Å². The third-order valence-electron chi connectivity index (χ3n) is 3.50. The highest BCUT2D eigenvalue weighted by atomic mass is 16.6. The monoisotopic (exact) mass is 350 g/mol. The van der Waals surface area contributed by atoms with E-state index in [1.54, 1.807) is 18.2 Å². The van der Waals surface area contributed by atoms with Crippen molar-refractivity contribution in [2.45, 2.75) is 6.61 Å². The fraction of sp³-hybridized carbons (Fsp3) is 0.0526. The number of non-ortho nitro benzene ring substituents is 1. The fourth-order valence-corrected chi connectivity index (χ4v) is 2.18. The highest BCUT2D eigenvalue weighted by molar-refractivity contribution is 5.87. The normalized spacial score (nSPS) is 10.8. The number of ether oxygens (including phenoxy) is 1. The molecule has 0 aliphatic heterocycles. The molecule has 0 atom stereocenters. The number of aromatic nitrogens is 1. The molecule has 0 N–H and O–H groups in total. The van der Waals surface area contributed by atoms with Gasteiger partial charge in [-0.15, -0.1) is 0 Å². The van der Waals surface area contributed by atoms with E-state index in [0.717, 1.165) is 5.56 Å². The third-order valence-corrected chi connectivity index (χ3v) is 3.50. The summed E-state index contributed by atoms with van der Waals surface area (Å²) in [6, 6.07) is 17.0. The molecule has 7 nitrogen and oxygen atoms in total. The van der Waals surface area contributed by atoms with Crippen molar-refractivity contribution < 1.29 is 19.0 Å². The van der Waals surface area contributed by atoms with Crippen LogP contribution in [-0.2, 0) is 16.1 Å². The average molecular weight is 350 g/mol. The second kappa shape index (κ2) is 7.89. The molecule has 0 amide bonds. The van der Waals surface area contributed by atoms with Crippen LogP contribution in [0.15, 0.2) is 71.3 Å². The first kappa shape index (κ1) is 17.1. The van der Waals surface area contributed by atoms with E-state index in [2.05, 4.69) is 5.16 Å². The molecule has 3 aromatic rings. The molecule has 0 fully saturated rings. The zero-order valence-corrected chi connectivity index (χ0v) is 13.6. The Morgan fingerprint density at radius 1 is 1.15 bits per heavy atom. The first-order valence-corrected chi connectivity index (χ1v) is 7.72. The maximum Gasteiger partial charge on any atom is 0.331 e. The summed E-state index contributed by atoms with van der Waals surface area (Å²) in [5.74, 6) is 0.0469. The lowest BCUT2D eigenvalue weighted by molar-refractivity contribution is -0.384. The van der Waals surface area contributed by atoms with Gasteiger partial charge in [-0.05, 0) is 23.8 Å². The van der Waals surface area contributed by atoms with Gasteiger partial charge in [0, 0.05) is 29.8 Å². The van der Waals surface area contributed by atoms with Crippen molar-refractivity contribution in [3.05, 3.63) is 88.1 Å². The number of carbonyl (C=O) groups excluding carboxylic acids is 1. The molecule has 0 radical (unpaired) electrons. The molecule has 0 unspecified atom stereocenters. The van der Waals surface area contributed by atoms with Gasteiger partial charge < -0.3 is 9.26 Å². The van der Waals surface area contributed by atoms with Crippen LogP contribution in [0.25, 0.3) is 17.4 Å². The van der Waals surface area contributed by atoms with Crippen LogP contribution in [0.4, 0.5) is 5.69 Å². The summed E-state index contributed by atoms with van der Waals surface area (Å²) in [5.41, 5.74) is 2.03. The number of nitro groups is 1. The van der Waals surface area contributed by atoms with E-state index >= 15 is 0 Å². The van der Waals surface area contributed by atoms with Gasteiger partial charge in [-0.25, -0.2) is 4.79 Å². The Balaban J connectivity index is 1.54. The first-order valence-electron chi connectivity index (χ1n) is 7.72. The molecule has 2 aromatic carbocycles. The molecular weight excluding hydrogens is 336 g/mol. The van der Waals surface area contributed by atoms with E-state index in [9.17, 15) is 14.9 Å². The summed E-state index contributed by atoms with van der Waals surface area (Å²) in [6.07, 6.45) is 2.77. The van der Waals surface area contributed by atoms with Crippen LogP contribution in [0.3, 0.4) is 0 Å². The minimum atomic E-state index is -0.549. The number of esters is 1. The molecule has 0 aliphatic carbocycles. The molecular formula is C19H14N2O5. The highest BCUT2D eigenvalue weighted by Crippen LogP contribution is 2.20. The number of hydrogen-bond acceptors (Lipinski definition) is 6. The van der Waals surface area contributed by atoms with Gasteiger partial charge >= 0.3 is 5.97 Å². The summed E-state index contributed by atoms with van der Waals surface area (Å²) >= 11 is 0. The molecule has 0 bridgehead atoms. The lowest BCUT2D eigenvalue weighted by Crippen LogP contribution is -2.00. The summed E-state index contributed by atoms with van der Waals surface area (Å²) in [7, 11) is 0. The lowest BCUT2D eigenvalue weighted by Gasteiger charge is -1.98. The van der Waals surface area contributed by atoms with Gasteiger partial charge in [-0.3, -0.25) is 10.1 Å². The summed E-state index contributed by atoms with van der Waals surface area (Å²) in [4.78, 5) is 21.9. The zero-order chi connectivity index (χ0) is 18.4. The summed E-state index contributed by atoms with van der Waals surface area (Å²) in [6.45, 7) is -0.0141. The van der Waals surface area contributed by atoms with Crippen molar-refractivity contribution in [2.24, 2.45) is 0 Å². The van der Waals surface area contributed by atoms with Crippen molar-refractivity contribution in [3.63, 3.8) is 0 Å². The molecule has 0 aliphatic rings. The van der Waals surface area contributed by atoms with Crippen molar-refractivity contribution in [1.29, 1.82) is 0 Å². The van der Waals surface area contributed by atoms with Gasteiger partial charge in [0.1, 0.15) is 12.3 Å². The fourth-order valence-electron chi connectivity index (χ4n) is 2.18. The third kappa shape index (κ3) is 4.41. The number of benzene rings is 2. The van der Waals surface area contributed by atoms with Crippen molar-refractivity contribution in [1.82, 2.24) is 5.16 Å². The number of nitro benzene ring substituents is 1. The predicted octanol–water partition coefficient (Wildman–Crippen LogP) is 4.01. The van der Waals surface area contributed by atoms with Crippen LogP contribution in [-0.4, -0.2) is 16.0 Å². The van der Waals surface area contributed by atoms with Crippen molar-refractivity contribution in [2.75, 3.05) is 0 Å². The van der Waals surface area contributed by atoms with E-state index < -0.39 is 10.9 Å². The Hall–Kier alpha value is -3.74. The number of rotatable bonds is 6. The molecule has 7 heteroatoms. The second-order valence-corrected chi connectivity index (χ2v) is 5.34. The molecule has 0 saturated heterocycles. The molecule has 3 rings (SSSR count). The average Bonchev–Trinajstić information content (AvgIpc) is 3.15. The maximum atomic E-state index is 11.8. The van der Waals surface area contributed by atoms with Crippen molar-refractivity contribution >= 4 is 17.7 Å². The van der Waals surface area contributed by atoms with Crippen molar-refractivity contribution in [3.8, 4) is 11.3 Å². The number of hydrogen-bond donors (Lipinski definition) is 0. The standard InChI is InChI=1S/C19H14N2O5/c22-19(11-8-14-6-9-17(10-7-14)21(23)24)25-13-16-12-18(26-20-16)15-4-2-1-3-5-15/h1-12H,13H2/b11-8-. The first-order chi connectivity index (χ1) is 12.6. The van der Waals surface area contributed by atoms with Gasteiger partial charge in [-0.2, -0.15) is 0 Å². The Bertz CT molecular complexity index is 930. The van der Waals surface area contributed by atoms with Gasteiger partial charge in [0.05, 0.1) is 4.92 Å². The summed E-state index contributed by atoms with van der Waals surface area (Å²) < 4.78 is 10.3. The van der Waals surface area contributed by atoms with E-state index in [4.69, 9.17) is 9.26 Å². The van der Waals surface area contributed by atoms with Gasteiger partial charge in [0.2, 0.25) is 0 Å². The molecule has 1 aromatic heterocycles. The quantitative estimate of drug-likeness (QED) is 0.288. The van der Waals surface area contributed by atoms with Crippen LogP contribution < -0.4 is 0 Å². The maximum absolute atomic E-state index is 11.8. The van der Waals surface area contributed by atoms with Crippen LogP contribution in [0.1, 0.15) is 11.3 Å². The van der Waals surface area contributed by atoms with Crippen LogP contribution >= 0.6 is 0 Å². The van der Waals surface area contributed by atoms with E-state index in [1.807, 2.05) is 30.3 Å². The molecule has 130 valence electrons. The van der Waals surface area contributed by atoms with E-state index in [-0.39, 0.29) is 12.3 Å².